The van der Waals surface area contributed by atoms with Crippen molar-refractivity contribution >= 4 is 33.3 Å². The van der Waals surface area contributed by atoms with E-state index in [0.29, 0.717) is 29.0 Å². The smallest absolute Gasteiger partial charge is 0.367 e. The number of anilines is 2. The fourth-order valence-electron chi connectivity index (χ4n) is 5.11. The normalized spacial score (nSPS) is 18.0. The SMILES string of the molecule is N#Cc1ccccc1N1CCN(C(=O)C2CN(S(=O)(=O)c3ccccc3C(F)(F)F)C(=O)N2c2ccccc2)CC1. The van der Waals surface area contributed by atoms with Crippen molar-refractivity contribution in [2.75, 3.05) is 42.5 Å². The molecule has 5 rings (SSSR count). The van der Waals surface area contributed by atoms with Gasteiger partial charge in [0.1, 0.15) is 12.1 Å². The van der Waals surface area contributed by atoms with E-state index >= 15 is 0 Å². The number of carbonyl (C=O) groups excluding carboxylic acids is 2. The third kappa shape index (κ3) is 5.18. The molecule has 2 aliphatic rings. The molecule has 1 atom stereocenters. The van der Waals surface area contributed by atoms with Gasteiger partial charge in [-0.3, -0.25) is 9.69 Å². The maximum absolute atomic E-state index is 13.8. The summed E-state index contributed by atoms with van der Waals surface area (Å²) in [5, 5.41) is 9.43. The number of hydrogen-bond donors (Lipinski definition) is 0. The van der Waals surface area contributed by atoms with Gasteiger partial charge in [-0.1, -0.05) is 42.5 Å². The summed E-state index contributed by atoms with van der Waals surface area (Å²) >= 11 is 0. The van der Waals surface area contributed by atoms with Gasteiger partial charge in [0.15, 0.2) is 0 Å². The van der Waals surface area contributed by atoms with Gasteiger partial charge in [0, 0.05) is 31.9 Å². The molecular weight excluding hydrogens is 559 g/mol. The van der Waals surface area contributed by atoms with E-state index in [4.69, 9.17) is 0 Å². The summed E-state index contributed by atoms with van der Waals surface area (Å²) in [7, 11) is -4.98. The van der Waals surface area contributed by atoms with Gasteiger partial charge in [0.05, 0.1) is 28.3 Å². The Kier molecular flexibility index (Phi) is 7.35. The van der Waals surface area contributed by atoms with Crippen molar-refractivity contribution < 1.29 is 31.2 Å². The molecule has 0 aliphatic carbocycles. The van der Waals surface area contributed by atoms with Crippen LogP contribution in [0, 0.1) is 11.3 Å². The van der Waals surface area contributed by atoms with Crippen LogP contribution >= 0.6 is 0 Å². The Morgan fingerprint density at radius 2 is 1.49 bits per heavy atom. The maximum atomic E-state index is 13.8. The zero-order valence-electron chi connectivity index (χ0n) is 21.5. The number of rotatable bonds is 5. The summed E-state index contributed by atoms with van der Waals surface area (Å²) in [5.41, 5.74) is 0.0513. The van der Waals surface area contributed by atoms with Crippen LogP contribution in [0.3, 0.4) is 0 Å². The summed E-state index contributed by atoms with van der Waals surface area (Å²) in [5.74, 6) is -0.530. The molecule has 2 aliphatic heterocycles. The average Bonchev–Trinajstić information content (AvgIpc) is 3.34. The quantitative estimate of drug-likeness (QED) is 0.451. The monoisotopic (exact) mass is 583 g/mol. The zero-order chi connectivity index (χ0) is 29.4. The molecule has 2 heterocycles. The summed E-state index contributed by atoms with van der Waals surface area (Å²) in [6.45, 7) is 0.582. The molecule has 0 radical (unpaired) electrons. The highest BCUT2D eigenvalue weighted by atomic mass is 32.2. The molecule has 41 heavy (non-hydrogen) atoms. The van der Waals surface area contributed by atoms with Crippen molar-refractivity contribution in [3.05, 3.63) is 90.0 Å². The van der Waals surface area contributed by atoms with Crippen molar-refractivity contribution in [3.63, 3.8) is 0 Å². The summed E-state index contributed by atoms with van der Waals surface area (Å²) < 4.78 is 68.4. The van der Waals surface area contributed by atoms with Crippen LogP contribution in [0.1, 0.15) is 11.1 Å². The minimum absolute atomic E-state index is 0.232. The minimum Gasteiger partial charge on any atom is -0.367 e. The molecule has 9 nitrogen and oxygen atoms in total. The van der Waals surface area contributed by atoms with E-state index in [2.05, 4.69) is 6.07 Å². The van der Waals surface area contributed by atoms with E-state index in [1.54, 1.807) is 30.3 Å². The van der Waals surface area contributed by atoms with Gasteiger partial charge in [-0.2, -0.15) is 18.4 Å². The Balaban J connectivity index is 1.44. The second kappa shape index (κ2) is 10.8. The number of amides is 3. The van der Waals surface area contributed by atoms with Crippen LogP contribution in [-0.2, 0) is 21.0 Å². The van der Waals surface area contributed by atoms with Crippen LogP contribution in [0.2, 0.25) is 0 Å². The summed E-state index contributed by atoms with van der Waals surface area (Å²) in [4.78, 5) is 30.8. The van der Waals surface area contributed by atoms with Gasteiger partial charge < -0.3 is 9.80 Å². The number of urea groups is 1. The van der Waals surface area contributed by atoms with Crippen LogP contribution in [0.25, 0.3) is 0 Å². The molecular formula is C28H24F3N5O4S. The number of para-hydroxylation sites is 2. The van der Waals surface area contributed by atoms with Gasteiger partial charge in [0.2, 0.25) is 5.91 Å². The van der Waals surface area contributed by atoms with Crippen LogP contribution < -0.4 is 9.80 Å². The standard InChI is InChI=1S/C28H24F3N5O4S/c29-28(30,31)22-11-5-7-13-25(22)41(39,40)35-19-24(36(27(35)38)21-9-2-1-3-10-21)26(37)34-16-14-33(15-17-34)23-12-6-4-8-20(23)18-32/h1-13,24H,14-17,19H2. The Morgan fingerprint density at radius 1 is 0.878 bits per heavy atom. The second-order valence-electron chi connectivity index (χ2n) is 9.48. The Labute approximate surface area is 234 Å². The molecule has 212 valence electrons. The topological polar surface area (TPSA) is 105 Å². The molecule has 3 aromatic rings. The number of hydrogen-bond acceptors (Lipinski definition) is 6. The van der Waals surface area contributed by atoms with Crippen molar-refractivity contribution in [1.29, 1.82) is 5.26 Å². The highest BCUT2D eigenvalue weighted by Gasteiger charge is 2.50. The lowest BCUT2D eigenvalue weighted by Crippen LogP contribution is -2.55. The number of nitrogens with zero attached hydrogens (tertiary/aromatic N) is 5. The molecule has 3 amide bonds. The van der Waals surface area contributed by atoms with Crippen molar-refractivity contribution in [2.45, 2.75) is 17.1 Å². The van der Waals surface area contributed by atoms with Gasteiger partial charge in [-0.15, -0.1) is 0 Å². The fraction of sp³-hybridized carbons (Fsp3) is 0.250. The second-order valence-corrected chi connectivity index (χ2v) is 11.3. The summed E-state index contributed by atoms with van der Waals surface area (Å²) in [6, 6.07) is 18.4. The highest BCUT2D eigenvalue weighted by molar-refractivity contribution is 7.89. The van der Waals surface area contributed by atoms with E-state index in [1.807, 2.05) is 17.0 Å². The molecule has 0 bridgehead atoms. The number of benzene rings is 3. The molecule has 0 saturated carbocycles. The van der Waals surface area contributed by atoms with Crippen LogP contribution in [0.4, 0.5) is 29.3 Å². The van der Waals surface area contributed by atoms with E-state index < -0.39 is 51.2 Å². The molecule has 3 aromatic carbocycles. The minimum atomic E-state index is -4.98. The first-order valence-electron chi connectivity index (χ1n) is 12.6. The van der Waals surface area contributed by atoms with E-state index in [0.717, 1.165) is 28.8 Å². The van der Waals surface area contributed by atoms with Crippen LogP contribution in [0.5, 0.6) is 0 Å². The third-order valence-electron chi connectivity index (χ3n) is 7.11. The Morgan fingerprint density at radius 3 is 2.15 bits per heavy atom. The molecule has 0 aromatic heterocycles. The lowest BCUT2D eigenvalue weighted by atomic mass is 10.1. The largest absolute Gasteiger partial charge is 0.417 e. The molecule has 0 N–H and O–H groups in total. The Hall–Kier alpha value is -4.57. The van der Waals surface area contributed by atoms with Gasteiger partial charge in [-0.25, -0.2) is 17.5 Å². The molecule has 2 saturated heterocycles. The average molecular weight is 584 g/mol. The van der Waals surface area contributed by atoms with Crippen LogP contribution in [0.15, 0.2) is 83.8 Å². The number of halogens is 3. The molecule has 13 heteroatoms. The van der Waals surface area contributed by atoms with Crippen LogP contribution in [-0.4, -0.2) is 68.3 Å². The number of alkyl halides is 3. The van der Waals surface area contributed by atoms with Gasteiger partial charge in [0.25, 0.3) is 10.0 Å². The number of nitriles is 1. The van der Waals surface area contributed by atoms with Crippen molar-refractivity contribution in [2.24, 2.45) is 0 Å². The maximum Gasteiger partial charge on any atom is 0.417 e. The van der Waals surface area contributed by atoms with Crippen molar-refractivity contribution in [1.82, 2.24) is 9.21 Å². The van der Waals surface area contributed by atoms with Gasteiger partial charge in [-0.05, 0) is 36.4 Å². The first kappa shape index (κ1) is 28.0. The lowest BCUT2D eigenvalue weighted by Gasteiger charge is -2.38. The number of carbonyl (C=O) groups is 2. The summed E-state index contributed by atoms with van der Waals surface area (Å²) in [6.07, 6.45) is -4.98. The van der Waals surface area contributed by atoms with Crippen molar-refractivity contribution in [3.8, 4) is 6.07 Å². The highest BCUT2D eigenvalue weighted by Crippen LogP contribution is 2.37. The predicted octanol–water partition coefficient (Wildman–Crippen LogP) is 3.93. The lowest BCUT2D eigenvalue weighted by molar-refractivity contribution is -0.140. The third-order valence-corrected chi connectivity index (χ3v) is 8.90. The first-order chi connectivity index (χ1) is 19.5. The van der Waals surface area contributed by atoms with E-state index in [-0.39, 0.29) is 18.8 Å². The molecule has 2 fully saturated rings. The fourth-order valence-corrected chi connectivity index (χ4v) is 6.69. The predicted molar refractivity (Wildman–Crippen MR) is 143 cm³/mol. The Bertz CT molecular complexity index is 1620. The number of piperazine rings is 1. The zero-order valence-corrected chi connectivity index (χ0v) is 22.3. The molecule has 0 spiro atoms. The molecule has 1 unspecified atom stereocenters. The van der Waals surface area contributed by atoms with E-state index in [1.165, 1.54) is 17.0 Å². The number of sulfonamides is 1. The van der Waals surface area contributed by atoms with Gasteiger partial charge >= 0.3 is 12.2 Å². The van der Waals surface area contributed by atoms with E-state index in [9.17, 15) is 36.4 Å². The first-order valence-corrected chi connectivity index (χ1v) is 14.1.